The maximum absolute atomic E-state index is 12.0. The van der Waals surface area contributed by atoms with Gasteiger partial charge < -0.3 is 5.32 Å². The number of amides is 1. The zero-order chi connectivity index (χ0) is 17.3. The standard InChI is InChI=1S/C14H18N6O3S/c1-19(24(2,22)23)9-13(21)15-11-5-3-4-10(8-11)14-16-17-18-20(14)12-6-7-12/h3-5,8,12H,6-7,9H2,1-2H3,(H,15,21). The topological polar surface area (TPSA) is 110 Å². The van der Waals surface area contributed by atoms with E-state index in [0.717, 1.165) is 29.0 Å². The van der Waals surface area contributed by atoms with Crippen molar-refractivity contribution in [3.63, 3.8) is 0 Å². The SMILES string of the molecule is CN(CC(=O)Nc1cccc(-c2nnnn2C2CC2)c1)S(C)(=O)=O. The first-order chi connectivity index (χ1) is 11.3. The van der Waals surface area contributed by atoms with Gasteiger partial charge in [-0.25, -0.2) is 13.1 Å². The molecule has 10 heteroatoms. The second-order valence-electron chi connectivity index (χ2n) is 5.83. The van der Waals surface area contributed by atoms with E-state index in [-0.39, 0.29) is 6.54 Å². The monoisotopic (exact) mass is 350 g/mol. The molecule has 1 N–H and O–H groups in total. The molecule has 1 aliphatic rings. The van der Waals surface area contributed by atoms with Crippen molar-refractivity contribution >= 4 is 21.6 Å². The van der Waals surface area contributed by atoms with Gasteiger partial charge in [-0.15, -0.1) is 5.10 Å². The van der Waals surface area contributed by atoms with Gasteiger partial charge in [0.2, 0.25) is 15.9 Å². The minimum atomic E-state index is -3.40. The number of rotatable bonds is 6. The summed E-state index contributed by atoms with van der Waals surface area (Å²) in [4.78, 5) is 12.0. The predicted octanol–water partition coefficient (Wildman–Crippen LogP) is 0.505. The Kier molecular flexibility index (Phi) is 4.33. The highest BCUT2D eigenvalue weighted by molar-refractivity contribution is 7.88. The molecule has 0 radical (unpaired) electrons. The predicted molar refractivity (Wildman–Crippen MR) is 87.6 cm³/mol. The van der Waals surface area contributed by atoms with E-state index in [0.29, 0.717) is 17.6 Å². The minimum Gasteiger partial charge on any atom is -0.325 e. The molecule has 2 aromatic rings. The van der Waals surface area contributed by atoms with Gasteiger partial charge in [-0.05, 0) is 35.4 Å². The molecule has 24 heavy (non-hydrogen) atoms. The van der Waals surface area contributed by atoms with Crippen LogP contribution in [0.4, 0.5) is 5.69 Å². The Hall–Kier alpha value is -2.33. The van der Waals surface area contributed by atoms with E-state index in [1.165, 1.54) is 7.05 Å². The molecule has 1 aromatic heterocycles. The molecule has 1 heterocycles. The van der Waals surface area contributed by atoms with Crippen LogP contribution in [0.25, 0.3) is 11.4 Å². The third-order valence-corrected chi connectivity index (χ3v) is 4.98. The van der Waals surface area contributed by atoms with Gasteiger partial charge in [0.1, 0.15) is 0 Å². The van der Waals surface area contributed by atoms with Gasteiger partial charge in [0.05, 0.1) is 18.8 Å². The zero-order valence-electron chi connectivity index (χ0n) is 13.4. The van der Waals surface area contributed by atoms with E-state index in [4.69, 9.17) is 0 Å². The lowest BCUT2D eigenvalue weighted by atomic mass is 10.2. The fraction of sp³-hybridized carbons (Fsp3) is 0.429. The third kappa shape index (κ3) is 3.77. The Balaban J connectivity index is 1.74. The van der Waals surface area contributed by atoms with Gasteiger partial charge in [0, 0.05) is 18.3 Å². The van der Waals surface area contributed by atoms with E-state index in [9.17, 15) is 13.2 Å². The maximum Gasteiger partial charge on any atom is 0.239 e. The largest absolute Gasteiger partial charge is 0.325 e. The number of aromatic nitrogens is 4. The molecule has 0 aliphatic heterocycles. The highest BCUT2D eigenvalue weighted by Crippen LogP contribution is 2.36. The number of nitrogens with zero attached hydrogens (tertiary/aromatic N) is 5. The summed E-state index contributed by atoms with van der Waals surface area (Å²) < 4.78 is 25.5. The molecular weight excluding hydrogens is 332 g/mol. The molecule has 0 spiro atoms. The van der Waals surface area contributed by atoms with Crippen molar-refractivity contribution in [1.82, 2.24) is 24.5 Å². The average molecular weight is 350 g/mol. The number of hydrogen-bond donors (Lipinski definition) is 1. The number of benzene rings is 1. The Bertz CT molecular complexity index is 859. The van der Waals surface area contributed by atoms with Crippen LogP contribution >= 0.6 is 0 Å². The van der Waals surface area contributed by atoms with Crippen molar-refractivity contribution < 1.29 is 13.2 Å². The fourth-order valence-electron chi connectivity index (χ4n) is 2.20. The second kappa shape index (κ2) is 6.29. The molecule has 1 aromatic carbocycles. The number of carbonyl (C=O) groups excluding carboxylic acids is 1. The van der Waals surface area contributed by atoms with Crippen molar-refractivity contribution in [3.8, 4) is 11.4 Å². The Morgan fingerprint density at radius 1 is 1.42 bits per heavy atom. The zero-order valence-corrected chi connectivity index (χ0v) is 14.2. The molecule has 9 nitrogen and oxygen atoms in total. The van der Waals surface area contributed by atoms with Crippen LogP contribution in [0.5, 0.6) is 0 Å². The summed E-state index contributed by atoms with van der Waals surface area (Å²) in [6, 6.07) is 7.49. The second-order valence-corrected chi connectivity index (χ2v) is 7.92. The highest BCUT2D eigenvalue weighted by atomic mass is 32.2. The molecule has 1 amide bonds. The van der Waals surface area contributed by atoms with Crippen LogP contribution in [0.3, 0.4) is 0 Å². The van der Waals surface area contributed by atoms with E-state index in [2.05, 4.69) is 20.8 Å². The first kappa shape index (κ1) is 16.5. The lowest BCUT2D eigenvalue weighted by molar-refractivity contribution is -0.116. The van der Waals surface area contributed by atoms with Gasteiger partial charge >= 0.3 is 0 Å². The van der Waals surface area contributed by atoms with Crippen LogP contribution in [-0.4, -0.2) is 58.7 Å². The van der Waals surface area contributed by atoms with Gasteiger partial charge in [-0.3, -0.25) is 4.79 Å². The number of likely N-dealkylation sites (N-methyl/N-ethyl adjacent to an activating group) is 1. The molecule has 3 rings (SSSR count). The van der Waals surface area contributed by atoms with Gasteiger partial charge in [-0.2, -0.15) is 4.31 Å². The Labute approximate surface area is 139 Å². The van der Waals surface area contributed by atoms with Crippen molar-refractivity contribution in [2.75, 3.05) is 25.2 Å². The van der Waals surface area contributed by atoms with E-state index in [1.54, 1.807) is 22.9 Å². The summed E-state index contributed by atoms with van der Waals surface area (Å²) in [5, 5.41) is 14.5. The summed E-state index contributed by atoms with van der Waals surface area (Å²) in [6.07, 6.45) is 3.18. The summed E-state index contributed by atoms with van der Waals surface area (Å²) in [7, 11) is -2.04. The van der Waals surface area contributed by atoms with Crippen LogP contribution in [0.1, 0.15) is 18.9 Å². The summed E-state index contributed by atoms with van der Waals surface area (Å²) >= 11 is 0. The van der Waals surface area contributed by atoms with Crippen molar-refractivity contribution in [2.24, 2.45) is 0 Å². The smallest absolute Gasteiger partial charge is 0.239 e. The number of carbonyl (C=O) groups is 1. The van der Waals surface area contributed by atoms with Gasteiger partial charge in [0.15, 0.2) is 5.82 Å². The molecule has 0 atom stereocenters. The molecule has 128 valence electrons. The van der Waals surface area contributed by atoms with E-state index < -0.39 is 15.9 Å². The van der Waals surface area contributed by atoms with Crippen LogP contribution in [0.15, 0.2) is 24.3 Å². The first-order valence-corrected chi connectivity index (χ1v) is 9.29. The van der Waals surface area contributed by atoms with E-state index in [1.807, 2.05) is 6.07 Å². The number of hydrogen-bond acceptors (Lipinski definition) is 6. The summed E-state index contributed by atoms with van der Waals surface area (Å²) in [6.45, 7) is -0.247. The van der Waals surface area contributed by atoms with Crippen LogP contribution < -0.4 is 5.32 Å². The Morgan fingerprint density at radius 2 is 2.17 bits per heavy atom. The first-order valence-electron chi connectivity index (χ1n) is 7.44. The number of tetrazole rings is 1. The van der Waals surface area contributed by atoms with Crippen molar-refractivity contribution in [1.29, 1.82) is 0 Å². The van der Waals surface area contributed by atoms with Crippen LogP contribution in [0, 0.1) is 0 Å². The number of sulfonamides is 1. The fourth-order valence-corrected chi connectivity index (χ4v) is 2.56. The van der Waals surface area contributed by atoms with Crippen LogP contribution in [0.2, 0.25) is 0 Å². The Morgan fingerprint density at radius 3 is 2.83 bits per heavy atom. The molecular formula is C14H18N6O3S. The normalized spacial score (nSPS) is 14.8. The number of nitrogens with one attached hydrogen (secondary N) is 1. The third-order valence-electron chi connectivity index (χ3n) is 3.72. The quantitative estimate of drug-likeness (QED) is 0.812. The molecule has 1 saturated carbocycles. The maximum atomic E-state index is 12.0. The minimum absolute atomic E-state index is 0.247. The molecule has 0 unspecified atom stereocenters. The lowest BCUT2D eigenvalue weighted by Crippen LogP contribution is -2.34. The molecule has 1 fully saturated rings. The van der Waals surface area contributed by atoms with Crippen molar-refractivity contribution in [2.45, 2.75) is 18.9 Å². The van der Waals surface area contributed by atoms with E-state index >= 15 is 0 Å². The van der Waals surface area contributed by atoms with Crippen LogP contribution in [-0.2, 0) is 14.8 Å². The molecule has 1 aliphatic carbocycles. The number of anilines is 1. The summed E-state index contributed by atoms with van der Waals surface area (Å²) in [5.74, 6) is 0.240. The summed E-state index contributed by atoms with van der Waals surface area (Å²) in [5.41, 5.74) is 1.35. The molecule has 0 bridgehead atoms. The van der Waals surface area contributed by atoms with Gasteiger partial charge in [-0.1, -0.05) is 12.1 Å². The highest BCUT2D eigenvalue weighted by Gasteiger charge is 2.28. The average Bonchev–Trinajstić information content (AvgIpc) is 3.23. The lowest BCUT2D eigenvalue weighted by Gasteiger charge is -2.14. The molecule has 0 saturated heterocycles. The van der Waals surface area contributed by atoms with Gasteiger partial charge in [0.25, 0.3) is 0 Å². The van der Waals surface area contributed by atoms with Crippen molar-refractivity contribution in [3.05, 3.63) is 24.3 Å².